The molecule has 1 heterocycles. The molecular weight excluding hydrogens is 334 g/mol. The molecule has 0 saturated heterocycles. The van der Waals surface area contributed by atoms with Gasteiger partial charge in [0.15, 0.2) is 6.20 Å². The molecule has 0 atom stereocenters. The van der Waals surface area contributed by atoms with E-state index in [9.17, 15) is 0 Å². The van der Waals surface area contributed by atoms with Gasteiger partial charge in [0.1, 0.15) is 0 Å². The minimum atomic E-state index is 0. The van der Waals surface area contributed by atoms with Crippen LogP contribution in [0.3, 0.4) is 0 Å². The van der Waals surface area contributed by atoms with Gasteiger partial charge in [0.2, 0.25) is 11.7 Å². The average molecular weight is 352 g/mol. The van der Waals surface area contributed by atoms with Crippen LogP contribution in [-0.4, -0.2) is 0 Å². The van der Waals surface area contributed by atoms with Gasteiger partial charge in [-0.15, -0.1) is 0 Å². The summed E-state index contributed by atoms with van der Waals surface area (Å²) in [5, 5.41) is 0. The van der Waals surface area contributed by atoms with Crippen molar-refractivity contribution >= 4 is 6.08 Å². The minimum Gasteiger partial charge on any atom is -1.00 e. The Balaban J connectivity index is 0.00000176. The minimum absolute atomic E-state index is 0. The van der Waals surface area contributed by atoms with Gasteiger partial charge >= 0.3 is 0 Å². The molecule has 2 aromatic carbocycles. The van der Waals surface area contributed by atoms with Gasteiger partial charge in [-0.05, 0) is 6.07 Å². The molecule has 110 valence electrons. The molecule has 1 nitrogen and oxygen atoms in total. The van der Waals surface area contributed by atoms with Crippen LogP contribution < -0.4 is 21.5 Å². The molecule has 0 spiro atoms. The smallest absolute Gasteiger partial charge is 0.209 e. The number of halogens is 1. The standard InChI is InChI=1S/C20H18N.BrH/c1-2-19-15-9-10-16-21(19)20(17-11-5-3-6-12-17)18-13-7-4-8-14-18;/h2-16,20H,1H2;1H/q+1;/p-1. The normalized spacial score (nSPS) is 10.0. The molecule has 0 aliphatic rings. The fourth-order valence-corrected chi connectivity index (χ4v) is 2.66. The number of hydrogen-bond acceptors (Lipinski definition) is 0. The zero-order valence-corrected chi connectivity index (χ0v) is 13.9. The van der Waals surface area contributed by atoms with E-state index in [0.29, 0.717) is 0 Å². The van der Waals surface area contributed by atoms with Gasteiger partial charge in [-0.3, -0.25) is 0 Å². The van der Waals surface area contributed by atoms with Gasteiger partial charge in [0.05, 0.1) is 0 Å². The van der Waals surface area contributed by atoms with Crippen molar-refractivity contribution in [2.75, 3.05) is 0 Å². The Morgan fingerprint density at radius 2 is 1.23 bits per heavy atom. The Morgan fingerprint density at radius 3 is 1.73 bits per heavy atom. The topological polar surface area (TPSA) is 3.88 Å². The second-order valence-electron chi connectivity index (χ2n) is 4.96. The largest absolute Gasteiger partial charge is 1.00 e. The van der Waals surface area contributed by atoms with E-state index in [0.717, 1.165) is 5.69 Å². The second kappa shape index (κ2) is 7.71. The van der Waals surface area contributed by atoms with Crippen molar-refractivity contribution < 1.29 is 21.5 Å². The van der Waals surface area contributed by atoms with E-state index in [-0.39, 0.29) is 23.0 Å². The summed E-state index contributed by atoms with van der Waals surface area (Å²) in [5.41, 5.74) is 3.64. The summed E-state index contributed by atoms with van der Waals surface area (Å²) in [5.74, 6) is 0. The molecular formula is C20H18BrN. The first kappa shape index (κ1) is 16.2. The van der Waals surface area contributed by atoms with Crippen molar-refractivity contribution in [3.8, 4) is 0 Å². The number of aromatic nitrogens is 1. The van der Waals surface area contributed by atoms with E-state index in [1.165, 1.54) is 11.1 Å². The zero-order valence-electron chi connectivity index (χ0n) is 12.3. The molecule has 0 unspecified atom stereocenters. The number of pyridine rings is 1. The lowest BCUT2D eigenvalue weighted by Gasteiger charge is -2.15. The Bertz CT molecular complexity index is 683. The van der Waals surface area contributed by atoms with Gasteiger partial charge in [-0.2, -0.15) is 4.57 Å². The van der Waals surface area contributed by atoms with Crippen molar-refractivity contribution in [2.24, 2.45) is 0 Å². The predicted molar refractivity (Wildman–Crippen MR) is 86.9 cm³/mol. The molecule has 0 saturated carbocycles. The van der Waals surface area contributed by atoms with Gasteiger partial charge in [0, 0.05) is 29.3 Å². The third-order valence-corrected chi connectivity index (χ3v) is 3.64. The maximum atomic E-state index is 3.94. The maximum absolute atomic E-state index is 3.94. The SMILES string of the molecule is C=Cc1cccc[n+]1C(c1ccccc1)c1ccccc1.[Br-]. The Morgan fingerprint density at radius 1 is 0.727 bits per heavy atom. The summed E-state index contributed by atoms with van der Waals surface area (Å²) in [6, 6.07) is 27.5. The number of rotatable bonds is 4. The van der Waals surface area contributed by atoms with E-state index in [1.807, 2.05) is 12.1 Å². The van der Waals surface area contributed by atoms with Crippen molar-refractivity contribution in [1.29, 1.82) is 0 Å². The summed E-state index contributed by atoms with van der Waals surface area (Å²) in [6.07, 6.45) is 4.01. The van der Waals surface area contributed by atoms with Gasteiger partial charge < -0.3 is 17.0 Å². The summed E-state index contributed by atoms with van der Waals surface area (Å²) in [4.78, 5) is 0. The van der Waals surface area contributed by atoms with E-state index in [1.54, 1.807) is 0 Å². The van der Waals surface area contributed by atoms with Crippen LogP contribution in [0.2, 0.25) is 0 Å². The molecule has 0 radical (unpaired) electrons. The van der Waals surface area contributed by atoms with E-state index < -0.39 is 0 Å². The molecule has 0 N–H and O–H groups in total. The molecule has 0 amide bonds. The van der Waals surface area contributed by atoms with Gasteiger partial charge in [0.25, 0.3) is 0 Å². The average Bonchev–Trinajstić information content (AvgIpc) is 2.58. The van der Waals surface area contributed by atoms with Gasteiger partial charge in [-0.1, -0.05) is 67.2 Å². The van der Waals surface area contributed by atoms with Crippen molar-refractivity contribution in [2.45, 2.75) is 6.04 Å². The fourth-order valence-electron chi connectivity index (χ4n) is 2.66. The predicted octanol–water partition coefficient (Wildman–Crippen LogP) is 1.26. The van der Waals surface area contributed by atoms with E-state index in [2.05, 4.69) is 90.1 Å². The molecule has 0 fully saturated rings. The highest BCUT2D eigenvalue weighted by molar-refractivity contribution is 5.38. The molecule has 3 aromatic rings. The maximum Gasteiger partial charge on any atom is 0.209 e. The Labute approximate surface area is 142 Å². The molecule has 0 aliphatic heterocycles. The molecule has 3 rings (SSSR count). The van der Waals surface area contributed by atoms with Crippen LogP contribution in [0, 0.1) is 0 Å². The number of hydrogen-bond donors (Lipinski definition) is 0. The summed E-state index contributed by atoms with van der Waals surface area (Å²) >= 11 is 0. The van der Waals surface area contributed by atoms with Crippen LogP contribution in [0.4, 0.5) is 0 Å². The van der Waals surface area contributed by atoms with Crippen LogP contribution >= 0.6 is 0 Å². The quantitative estimate of drug-likeness (QED) is 0.623. The second-order valence-corrected chi connectivity index (χ2v) is 4.96. The summed E-state index contributed by atoms with van der Waals surface area (Å²) < 4.78 is 2.26. The Kier molecular flexibility index (Phi) is 5.68. The first-order chi connectivity index (χ1) is 10.4. The van der Waals surface area contributed by atoms with Crippen LogP contribution in [0.15, 0.2) is 91.6 Å². The first-order valence-electron chi connectivity index (χ1n) is 7.12. The number of nitrogens with zero attached hydrogens (tertiary/aromatic N) is 1. The highest BCUT2D eigenvalue weighted by Gasteiger charge is 2.24. The van der Waals surface area contributed by atoms with E-state index >= 15 is 0 Å². The van der Waals surface area contributed by atoms with Crippen molar-refractivity contribution in [3.05, 3.63) is 108 Å². The molecule has 2 heteroatoms. The Hall–Kier alpha value is -2.19. The van der Waals surface area contributed by atoms with Gasteiger partial charge in [-0.25, -0.2) is 0 Å². The molecule has 22 heavy (non-hydrogen) atoms. The fraction of sp³-hybridized carbons (Fsp3) is 0.0500. The first-order valence-corrected chi connectivity index (χ1v) is 7.12. The lowest BCUT2D eigenvalue weighted by molar-refractivity contribution is -0.706. The molecule has 1 aromatic heterocycles. The highest BCUT2D eigenvalue weighted by Crippen LogP contribution is 2.22. The third kappa shape index (κ3) is 3.34. The van der Waals surface area contributed by atoms with Crippen LogP contribution in [0.1, 0.15) is 22.9 Å². The lowest BCUT2D eigenvalue weighted by atomic mass is 9.98. The van der Waals surface area contributed by atoms with E-state index in [4.69, 9.17) is 0 Å². The molecule has 0 bridgehead atoms. The number of benzene rings is 2. The van der Waals surface area contributed by atoms with Crippen LogP contribution in [-0.2, 0) is 0 Å². The van der Waals surface area contributed by atoms with Crippen LogP contribution in [0.5, 0.6) is 0 Å². The monoisotopic (exact) mass is 351 g/mol. The third-order valence-electron chi connectivity index (χ3n) is 3.64. The summed E-state index contributed by atoms with van der Waals surface area (Å²) in [6.45, 7) is 3.94. The lowest BCUT2D eigenvalue weighted by Crippen LogP contribution is -3.00. The zero-order chi connectivity index (χ0) is 14.5. The summed E-state index contributed by atoms with van der Waals surface area (Å²) in [7, 11) is 0. The van der Waals surface area contributed by atoms with Crippen molar-refractivity contribution in [3.63, 3.8) is 0 Å². The molecule has 0 aliphatic carbocycles. The van der Waals surface area contributed by atoms with Crippen molar-refractivity contribution in [1.82, 2.24) is 0 Å². The van der Waals surface area contributed by atoms with Crippen LogP contribution in [0.25, 0.3) is 6.08 Å². The highest BCUT2D eigenvalue weighted by atomic mass is 79.9.